The molecule has 32 heavy (non-hydrogen) atoms. The highest BCUT2D eigenvalue weighted by molar-refractivity contribution is 7.84. The average molecular weight is 452 g/mol. The first-order valence-corrected chi connectivity index (χ1v) is 11.7. The minimum atomic E-state index is -1.58. The molecule has 0 saturated carbocycles. The summed E-state index contributed by atoms with van der Waals surface area (Å²) in [6.07, 6.45) is 0.890. The maximum Gasteiger partial charge on any atom is 0.167 e. The number of rotatable bonds is 7. The van der Waals surface area contributed by atoms with Crippen LogP contribution in [0, 0.1) is 12.7 Å². The molecule has 7 heteroatoms. The summed E-state index contributed by atoms with van der Waals surface area (Å²) in [5.41, 5.74) is 4.12. The Hall–Kier alpha value is -2.90. The number of hydrogen-bond acceptors (Lipinski definition) is 4. The van der Waals surface area contributed by atoms with E-state index in [9.17, 15) is 4.21 Å². The summed E-state index contributed by atoms with van der Waals surface area (Å²) < 4.78 is 32.5. The molecule has 5 nitrogen and oxygen atoms in total. The third kappa shape index (κ3) is 4.49. The van der Waals surface area contributed by atoms with Gasteiger partial charge in [-0.1, -0.05) is 35.5 Å². The first-order valence-electron chi connectivity index (χ1n) is 10.5. The van der Waals surface area contributed by atoms with Crippen LogP contribution in [0.3, 0.4) is 0 Å². The lowest BCUT2D eigenvalue weighted by atomic mass is 9.82. The van der Waals surface area contributed by atoms with Crippen LogP contribution in [0.1, 0.15) is 43.1 Å². The molecule has 2 heterocycles. The summed E-state index contributed by atoms with van der Waals surface area (Å²) in [5, 5.41) is 10.9. The van der Waals surface area contributed by atoms with Crippen LogP contribution < -0.4 is 5.14 Å². The topological polar surface area (TPSA) is 82.0 Å². The molecule has 0 aliphatic heterocycles. The van der Waals surface area contributed by atoms with Gasteiger partial charge < -0.3 is 4.52 Å². The minimum Gasteiger partial charge on any atom is -0.356 e. The normalized spacial score (nSPS) is 13.9. The van der Waals surface area contributed by atoms with Crippen LogP contribution in [0.15, 0.2) is 65.2 Å². The molecule has 0 bridgehead atoms. The van der Waals surface area contributed by atoms with Crippen LogP contribution in [0.2, 0.25) is 0 Å². The number of hydrogen-bond donors (Lipinski definition) is 1. The second kappa shape index (κ2) is 8.92. The van der Waals surface area contributed by atoms with Crippen LogP contribution in [0.4, 0.5) is 4.39 Å². The predicted molar refractivity (Wildman–Crippen MR) is 126 cm³/mol. The van der Waals surface area contributed by atoms with Gasteiger partial charge in [-0.3, -0.25) is 10.1 Å². The number of aryl methyl sites for hydroxylation is 1. The number of halogens is 1. The molecule has 4 aromatic rings. The lowest BCUT2D eigenvalue weighted by Crippen LogP contribution is -2.34. The third-order valence-electron chi connectivity index (χ3n) is 5.78. The van der Waals surface area contributed by atoms with Gasteiger partial charge in [-0.2, -0.15) is 0 Å². The number of nitrogens with two attached hydrogens (primary N) is 1. The van der Waals surface area contributed by atoms with E-state index in [4.69, 9.17) is 9.66 Å². The first-order chi connectivity index (χ1) is 15.3. The van der Waals surface area contributed by atoms with Crippen LogP contribution in [-0.4, -0.2) is 19.1 Å². The second-order valence-corrected chi connectivity index (χ2v) is 10.4. The molecule has 2 aromatic carbocycles. The van der Waals surface area contributed by atoms with Crippen LogP contribution in [0.25, 0.3) is 22.2 Å². The molecule has 166 valence electrons. The van der Waals surface area contributed by atoms with Crippen LogP contribution >= 0.6 is 0 Å². The lowest BCUT2D eigenvalue weighted by Gasteiger charge is -2.29. The number of para-hydroxylation sites is 1. The number of aromatic nitrogens is 2. The van der Waals surface area contributed by atoms with Crippen molar-refractivity contribution in [2.75, 3.05) is 0 Å². The van der Waals surface area contributed by atoms with Gasteiger partial charge in [0.05, 0.1) is 15.7 Å². The van der Waals surface area contributed by atoms with Gasteiger partial charge in [-0.25, -0.2) is 8.60 Å². The van der Waals surface area contributed by atoms with Gasteiger partial charge in [-0.05, 0) is 69.9 Å². The molecule has 0 saturated heterocycles. The Morgan fingerprint density at radius 3 is 2.59 bits per heavy atom. The Kier molecular flexibility index (Phi) is 6.22. The molecular formula is C25H26FN3O2S. The second-order valence-electron chi connectivity index (χ2n) is 8.66. The van der Waals surface area contributed by atoms with Crippen molar-refractivity contribution in [2.24, 2.45) is 5.14 Å². The number of pyridine rings is 1. The Labute approximate surface area is 189 Å². The highest BCUT2D eigenvalue weighted by Crippen LogP contribution is 2.40. The van der Waals surface area contributed by atoms with E-state index < -0.39 is 15.7 Å². The summed E-state index contributed by atoms with van der Waals surface area (Å²) in [6.45, 7) is 5.60. The van der Waals surface area contributed by atoms with E-state index in [0.29, 0.717) is 35.2 Å². The summed E-state index contributed by atoms with van der Waals surface area (Å²) in [6, 6.07) is 18.3. The monoisotopic (exact) mass is 451 g/mol. The average Bonchev–Trinajstić information content (AvgIpc) is 3.17. The van der Waals surface area contributed by atoms with E-state index in [0.717, 1.165) is 16.8 Å². The molecule has 2 atom stereocenters. The summed E-state index contributed by atoms with van der Waals surface area (Å²) in [5.74, 6) is -0.663. The van der Waals surface area contributed by atoms with Crippen molar-refractivity contribution in [2.45, 2.75) is 44.3 Å². The zero-order valence-corrected chi connectivity index (χ0v) is 19.2. The highest BCUT2D eigenvalue weighted by Gasteiger charge is 2.32. The summed E-state index contributed by atoms with van der Waals surface area (Å²) >= 11 is 0. The Balaban J connectivity index is 1.88. The zero-order chi connectivity index (χ0) is 22.9. The van der Waals surface area contributed by atoms with Gasteiger partial charge in [0.15, 0.2) is 5.58 Å². The van der Waals surface area contributed by atoms with E-state index in [1.165, 1.54) is 6.07 Å². The Morgan fingerprint density at radius 2 is 1.84 bits per heavy atom. The van der Waals surface area contributed by atoms with Crippen molar-refractivity contribution >= 4 is 22.0 Å². The van der Waals surface area contributed by atoms with Gasteiger partial charge in [0.1, 0.15) is 11.5 Å². The first kappa shape index (κ1) is 22.3. The largest absolute Gasteiger partial charge is 0.356 e. The van der Waals surface area contributed by atoms with E-state index >= 15 is 4.39 Å². The van der Waals surface area contributed by atoms with Crippen molar-refractivity contribution in [3.05, 3.63) is 83.4 Å². The molecule has 2 N–H and O–H groups in total. The Bertz CT molecular complexity index is 1290. The smallest absolute Gasteiger partial charge is 0.167 e. The number of benzene rings is 2. The SMILES string of the molecule is Cc1cccc(C[C@@H](CC(C)(C)S(N)=O)c2c(F)cccc2-c2noc3ccccc23)n1. The zero-order valence-electron chi connectivity index (χ0n) is 18.3. The highest BCUT2D eigenvalue weighted by atomic mass is 32.2. The van der Waals surface area contributed by atoms with E-state index in [2.05, 4.69) is 10.1 Å². The number of fused-ring (bicyclic) bond motifs is 1. The van der Waals surface area contributed by atoms with Crippen molar-refractivity contribution in [3.63, 3.8) is 0 Å². The van der Waals surface area contributed by atoms with Gasteiger partial charge in [0.25, 0.3) is 0 Å². The maximum absolute atomic E-state index is 15.5. The fourth-order valence-electron chi connectivity index (χ4n) is 4.16. The molecule has 0 aliphatic carbocycles. The van der Waals surface area contributed by atoms with Crippen LogP contribution in [-0.2, 0) is 17.4 Å². The van der Waals surface area contributed by atoms with E-state index in [1.807, 2.05) is 69.3 Å². The lowest BCUT2D eigenvalue weighted by molar-refractivity contribution is 0.458. The quantitative estimate of drug-likeness (QED) is 0.405. The Morgan fingerprint density at radius 1 is 1.09 bits per heavy atom. The third-order valence-corrected chi connectivity index (χ3v) is 7.03. The van der Waals surface area contributed by atoms with Gasteiger partial charge >= 0.3 is 0 Å². The van der Waals surface area contributed by atoms with Crippen molar-refractivity contribution < 1.29 is 13.1 Å². The molecule has 2 aromatic heterocycles. The predicted octanol–water partition coefficient (Wildman–Crippen LogP) is 5.45. The van der Waals surface area contributed by atoms with Crippen LogP contribution in [0.5, 0.6) is 0 Å². The van der Waals surface area contributed by atoms with Gasteiger partial charge in [0.2, 0.25) is 0 Å². The van der Waals surface area contributed by atoms with E-state index in [1.54, 1.807) is 6.07 Å². The molecule has 0 amide bonds. The fourth-order valence-corrected chi connectivity index (χ4v) is 4.52. The molecule has 4 rings (SSSR count). The van der Waals surface area contributed by atoms with Gasteiger partial charge in [0, 0.05) is 27.9 Å². The van der Waals surface area contributed by atoms with Crippen molar-refractivity contribution in [3.8, 4) is 11.3 Å². The fraction of sp³-hybridized carbons (Fsp3) is 0.280. The van der Waals surface area contributed by atoms with Crippen molar-refractivity contribution in [1.82, 2.24) is 10.1 Å². The number of nitrogens with zero attached hydrogens (tertiary/aromatic N) is 2. The molecule has 0 radical (unpaired) electrons. The molecule has 0 spiro atoms. The van der Waals surface area contributed by atoms with E-state index in [-0.39, 0.29) is 11.7 Å². The molecule has 0 fully saturated rings. The molecule has 1 unspecified atom stereocenters. The van der Waals surface area contributed by atoms with Gasteiger partial charge in [-0.15, -0.1) is 0 Å². The maximum atomic E-state index is 15.5. The summed E-state index contributed by atoms with van der Waals surface area (Å²) in [7, 11) is -1.58. The standard InChI is InChI=1S/C25H26FN3O2S/c1-16-8-6-9-18(28-16)14-17(15-25(2,3)32(27)30)23-20(11-7-12-21(23)26)24-19-10-4-5-13-22(19)31-29-24/h4-13,17H,14-15,27H2,1-3H3/t17-,32?/m0/s1. The summed E-state index contributed by atoms with van der Waals surface area (Å²) in [4.78, 5) is 4.62. The van der Waals surface area contributed by atoms with Crippen molar-refractivity contribution in [1.29, 1.82) is 0 Å². The minimum absolute atomic E-state index is 0.321. The molecular weight excluding hydrogens is 425 g/mol. The molecule has 0 aliphatic rings.